The van der Waals surface area contributed by atoms with Crippen LogP contribution in [0.1, 0.15) is 18.9 Å². The minimum absolute atomic E-state index is 0.0941. The lowest BCUT2D eigenvalue weighted by atomic mass is 10.2. The molecule has 130 valence electrons. The Kier molecular flexibility index (Phi) is 5.61. The number of amides is 1. The first-order chi connectivity index (χ1) is 11.6. The van der Waals surface area contributed by atoms with Crippen LogP contribution in [-0.4, -0.2) is 51.7 Å². The first-order valence-electron chi connectivity index (χ1n) is 8.05. The van der Waals surface area contributed by atoms with E-state index < -0.39 is 12.1 Å². The fourth-order valence-electron chi connectivity index (χ4n) is 2.99. The van der Waals surface area contributed by atoms with Crippen LogP contribution in [0.5, 0.6) is 0 Å². The van der Waals surface area contributed by atoms with E-state index in [0.29, 0.717) is 19.6 Å². The maximum absolute atomic E-state index is 12.6. The van der Waals surface area contributed by atoms with E-state index >= 15 is 0 Å². The maximum atomic E-state index is 12.6. The Bertz CT molecular complexity index is 590. The largest absolute Gasteiger partial charge is 0.464 e. The molecule has 0 bridgehead atoms. The lowest BCUT2D eigenvalue weighted by Gasteiger charge is -2.23. The zero-order valence-corrected chi connectivity index (χ0v) is 15.2. The van der Waals surface area contributed by atoms with Gasteiger partial charge in [-0.05, 0) is 12.5 Å². The van der Waals surface area contributed by atoms with Crippen LogP contribution in [0.2, 0.25) is 0 Å². The molecule has 7 heteroatoms. The molecule has 0 saturated carbocycles. The monoisotopic (exact) mass is 367 g/mol. The van der Waals surface area contributed by atoms with Crippen LogP contribution in [0, 0.1) is 0 Å². The van der Waals surface area contributed by atoms with Crippen LogP contribution in [-0.2, 0) is 20.9 Å². The molecule has 0 unspecified atom stereocenters. The number of thioether (sulfide) groups is 2. The number of rotatable bonds is 4. The highest BCUT2D eigenvalue weighted by molar-refractivity contribution is 8.21. The van der Waals surface area contributed by atoms with Crippen LogP contribution >= 0.6 is 23.5 Å². The number of hydrogen-bond acceptors (Lipinski definition) is 6. The van der Waals surface area contributed by atoms with Gasteiger partial charge in [0.2, 0.25) is 0 Å². The summed E-state index contributed by atoms with van der Waals surface area (Å²) in [6, 6.07) is 8.99. The summed E-state index contributed by atoms with van der Waals surface area (Å²) < 4.78 is 10.5. The molecule has 5 nitrogen and oxygen atoms in total. The van der Waals surface area contributed by atoms with E-state index in [1.807, 2.05) is 53.9 Å². The lowest BCUT2D eigenvalue weighted by molar-refractivity contribution is -0.147. The average Bonchev–Trinajstić information content (AvgIpc) is 3.21. The quantitative estimate of drug-likeness (QED) is 0.762. The molecule has 2 aliphatic rings. The molecular formula is C17H21NO4S2. The highest BCUT2D eigenvalue weighted by atomic mass is 32.2. The van der Waals surface area contributed by atoms with Crippen molar-refractivity contribution in [1.82, 2.24) is 4.90 Å². The molecule has 2 saturated heterocycles. The molecule has 2 aliphatic heterocycles. The first-order valence-corrected chi connectivity index (χ1v) is 10.0. The minimum Gasteiger partial charge on any atom is -0.464 e. The predicted molar refractivity (Wildman–Crippen MR) is 96.0 cm³/mol. The Morgan fingerprint density at radius 1 is 1.21 bits per heavy atom. The van der Waals surface area contributed by atoms with Gasteiger partial charge in [0.1, 0.15) is 12.6 Å². The number of carbonyl (C=O) groups excluding carboxylic acids is 2. The van der Waals surface area contributed by atoms with Gasteiger partial charge in [0.15, 0.2) is 0 Å². The van der Waals surface area contributed by atoms with Crippen molar-refractivity contribution in [2.24, 2.45) is 0 Å². The van der Waals surface area contributed by atoms with Gasteiger partial charge in [-0.2, -0.15) is 0 Å². The van der Waals surface area contributed by atoms with Crippen LogP contribution < -0.4 is 0 Å². The minimum atomic E-state index is -0.550. The second-order valence-corrected chi connectivity index (χ2v) is 8.96. The molecule has 0 N–H and O–H groups in total. The summed E-state index contributed by atoms with van der Waals surface area (Å²) >= 11 is 3.67. The van der Waals surface area contributed by atoms with E-state index in [4.69, 9.17) is 9.47 Å². The topological polar surface area (TPSA) is 55.8 Å². The van der Waals surface area contributed by atoms with Crippen LogP contribution in [0.25, 0.3) is 0 Å². The average molecular weight is 367 g/mol. The van der Waals surface area contributed by atoms with Crippen molar-refractivity contribution in [3.63, 3.8) is 0 Å². The molecular weight excluding hydrogens is 346 g/mol. The van der Waals surface area contributed by atoms with Crippen molar-refractivity contribution in [3.8, 4) is 0 Å². The summed E-state index contributed by atoms with van der Waals surface area (Å²) in [6.45, 7) is 2.83. The Morgan fingerprint density at radius 3 is 2.58 bits per heavy atom. The summed E-state index contributed by atoms with van der Waals surface area (Å²) in [6.07, 6.45) is 0.184. The third-order valence-electron chi connectivity index (χ3n) is 4.10. The summed E-state index contributed by atoms with van der Waals surface area (Å²) in [4.78, 5) is 26.4. The molecule has 0 radical (unpaired) electrons. The number of likely N-dealkylation sites (tertiary alicyclic amines) is 1. The van der Waals surface area contributed by atoms with E-state index in [-0.39, 0.29) is 16.7 Å². The van der Waals surface area contributed by atoms with E-state index in [1.54, 1.807) is 11.8 Å². The molecule has 1 aromatic carbocycles. The van der Waals surface area contributed by atoms with Crippen molar-refractivity contribution in [2.45, 2.75) is 30.1 Å². The van der Waals surface area contributed by atoms with Crippen LogP contribution in [0.15, 0.2) is 30.3 Å². The van der Waals surface area contributed by atoms with Gasteiger partial charge in [0, 0.05) is 24.5 Å². The fraction of sp³-hybridized carbons (Fsp3) is 0.529. The van der Waals surface area contributed by atoms with Gasteiger partial charge in [-0.25, -0.2) is 9.59 Å². The molecule has 24 heavy (non-hydrogen) atoms. The van der Waals surface area contributed by atoms with Crippen molar-refractivity contribution in [1.29, 1.82) is 0 Å². The fourth-order valence-corrected chi connectivity index (χ4v) is 6.24. The molecule has 1 aromatic rings. The van der Waals surface area contributed by atoms with Crippen LogP contribution in [0.4, 0.5) is 4.79 Å². The molecule has 3 rings (SSSR count). The second kappa shape index (κ2) is 7.70. The third-order valence-corrected chi connectivity index (χ3v) is 7.53. The standard InChI is InChI=1S/C17H21NO4S2/c1-2-21-15(19)14-10-17(23-8-9-24-17)12-18(14)16(20)22-11-13-6-4-3-5-7-13/h3-7,14H,2,8-12H2,1H3/t14-/m0/s1. The van der Waals surface area contributed by atoms with Gasteiger partial charge in [0.05, 0.1) is 10.7 Å². The second-order valence-electron chi connectivity index (χ2n) is 5.75. The molecule has 2 fully saturated rings. The van der Waals surface area contributed by atoms with Gasteiger partial charge >= 0.3 is 12.1 Å². The van der Waals surface area contributed by atoms with E-state index in [0.717, 1.165) is 17.1 Å². The van der Waals surface area contributed by atoms with Gasteiger partial charge in [-0.1, -0.05) is 30.3 Å². The Hall–Kier alpha value is -1.34. The molecule has 0 aromatic heterocycles. The van der Waals surface area contributed by atoms with Crippen LogP contribution in [0.3, 0.4) is 0 Å². The molecule has 2 heterocycles. The Morgan fingerprint density at radius 2 is 1.92 bits per heavy atom. The maximum Gasteiger partial charge on any atom is 0.410 e. The Balaban J connectivity index is 1.68. The van der Waals surface area contributed by atoms with Crippen molar-refractivity contribution in [2.75, 3.05) is 24.7 Å². The lowest BCUT2D eigenvalue weighted by Crippen LogP contribution is -2.42. The highest BCUT2D eigenvalue weighted by Gasteiger charge is 2.52. The van der Waals surface area contributed by atoms with E-state index in [1.165, 1.54) is 0 Å². The number of benzene rings is 1. The molecule has 1 amide bonds. The SMILES string of the molecule is CCOC(=O)[C@@H]1CC2(CN1C(=O)OCc1ccccc1)SCCS2. The Labute approximate surface area is 150 Å². The van der Waals surface area contributed by atoms with Crippen molar-refractivity contribution in [3.05, 3.63) is 35.9 Å². The van der Waals surface area contributed by atoms with Gasteiger partial charge < -0.3 is 9.47 Å². The van der Waals surface area contributed by atoms with Gasteiger partial charge in [-0.15, -0.1) is 23.5 Å². The zero-order valence-electron chi connectivity index (χ0n) is 13.6. The summed E-state index contributed by atoms with van der Waals surface area (Å²) in [7, 11) is 0. The summed E-state index contributed by atoms with van der Waals surface area (Å²) in [5, 5.41) is 0. The van der Waals surface area contributed by atoms with E-state index in [2.05, 4.69) is 0 Å². The number of esters is 1. The van der Waals surface area contributed by atoms with E-state index in [9.17, 15) is 9.59 Å². The summed E-state index contributed by atoms with van der Waals surface area (Å²) in [5.41, 5.74) is 0.928. The summed E-state index contributed by atoms with van der Waals surface area (Å²) in [5.74, 6) is 1.76. The molecule has 1 atom stereocenters. The number of nitrogens with zero attached hydrogens (tertiary/aromatic N) is 1. The number of carbonyl (C=O) groups is 2. The number of ether oxygens (including phenoxy) is 2. The number of hydrogen-bond donors (Lipinski definition) is 0. The van der Waals surface area contributed by atoms with Crippen molar-refractivity contribution >= 4 is 35.6 Å². The van der Waals surface area contributed by atoms with Crippen molar-refractivity contribution < 1.29 is 19.1 Å². The predicted octanol–water partition coefficient (Wildman–Crippen LogP) is 3.14. The smallest absolute Gasteiger partial charge is 0.410 e. The highest BCUT2D eigenvalue weighted by Crippen LogP contribution is 2.52. The first kappa shape index (κ1) is 17.5. The van der Waals surface area contributed by atoms with Gasteiger partial charge in [-0.3, -0.25) is 4.90 Å². The normalized spacial score (nSPS) is 21.9. The third kappa shape index (κ3) is 3.83. The molecule has 0 aliphatic carbocycles. The zero-order chi connectivity index (χ0) is 17.0. The molecule has 1 spiro atoms. The van der Waals surface area contributed by atoms with Gasteiger partial charge in [0.25, 0.3) is 0 Å².